The zero-order chi connectivity index (χ0) is 14.0. The number of carbonyl (C=O) groups is 1. The van der Waals surface area contributed by atoms with E-state index in [1.165, 1.54) is 0 Å². The highest BCUT2D eigenvalue weighted by atomic mass is 32.2. The van der Waals surface area contributed by atoms with E-state index >= 15 is 0 Å². The fourth-order valence-corrected chi connectivity index (χ4v) is 2.34. The fraction of sp³-hybridized carbons (Fsp3) is 0.364. The van der Waals surface area contributed by atoms with Gasteiger partial charge in [-0.1, -0.05) is 0 Å². The molecule has 19 heavy (non-hydrogen) atoms. The second-order valence-electron chi connectivity index (χ2n) is 4.25. The molecule has 1 aliphatic rings. The Hall–Kier alpha value is -1.51. The van der Waals surface area contributed by atoms with Crippen LogP contribution in [0.3, 0.4) is 0 Å². The molecule has 1 aromatic rings. The highest BCUT2D eigenvalue weighted by molar-refractivity contribution is 7.89. The molecule has 1 atom stereocenters. The number of sulfonamides is 1. The van der Waals surface area contributed by atoms with Crippen LogP contribution in [0.25, 0.3) is 0 Å². The van der Waals surface area contributed by atoms with E-state index in [0.29, 0.717) is 19.6 Å². The lowest BCUT2D eigenvalue weighted by atomic mass is 10.2. The molecule has 1 aliphatic heterocycles. The molecule has 0 radical (unpaired) electrons. The van der Waals surface area contributed by atoms with E-state index in [0.717, 1.165) is 18.2 Å². The lowest BCUT2D eigenvalue weighted by molar-refractivity contribution is 0.0929. The van der Waals surface area contributed by atoms with Crippen molar-refractivity contribution in [2.45, 2.75) is 17.4 Å². The van der Waals surface area contributed by atoms with Crippen LogP contribution < -0.4 is 10.5 Å². The van der Waals surface area contributed by atoms with E-state index < -0.39 is 26.6 Å². The maximum absolute atomic E-state index is 13.3. The topological polar surface area (TPSA) is 98.5 Å². The van der Waals surface area contributed by atoms with E-state index in [2.05, 4.69) is 5.32 Å². The van der Waals surface area contributed by atoms with Crippen LogP contribution in [0.2, 0.25) is 0 Å². The lowest BCUT2D eigenvalue weighted by Gasteiger charge is -2.11. The predicted molar refractivity (Wildman–Crippen MR) is 64.5 cm³/mol. The first-order valence-electron chi connectivity index (χ1n) is 5.58. The van der Waals surface area contributed by atoms with E-state index in [9.17, 15) is 17.6 Å². The van der Waals surface area contributed by atoms with Gasteiger partial charge in [0.2, 0.25) is 10.0 Å². The van der Waals surface area contributed by atoms with E-state index in [-0.39, 0.29) is 11.6 Å². The molecule has 104 valence electrons. The minimum absolute atomic E-state index is 0.0871. The van der Waals surface area contributed by atoms with Gasteiger partial charge in [-0.25, -0.2) is 17.9 Å². The Morgan fingerprint density at radius 2 is 2.16 bits per heavy atom. The number of rotatable bonds is 3. The number of halogens is 1. The number of benzene rings is 1. The molecule has 2 rings (SSSR count). The highest BCUT2D eigenvalue weighted by Gasteiger charge is 2.20. The van der Waals surface area contributed by atoms with Crippen LogP contribution in [-0.4, -0.2) is 33.6 Å². The summed E-state index contributed by atoms with van der Waals surface area (Å²) < 4.78 is 40.7. The molecule has 1 saturated heterocycles. The first-order chi connectivity index (χ1) is 8.86. The number of amides is 1. The summed E-state index contributed by atoms with van der Waals surface area (Å²) in [4.78, 5) is 11.4. The van der Waals surface area contributed by atoms with Crippen molar-refractivity contribution in [2.75, 3.05) is 13.2 Å². The van der Waals surface area contributed by atoms with Gasteiger partial charge < -0.3 is 10.1 Å². The van der Waals surface area contributed by atoms with Crippen LogP contribution >= 0.6 is 0 Å². The number of ether oxygens (including phenoxy) is 1. The first kappa shape index (κ1) is 13.9. The summed E-state index contributed by atoms with van der Waals surface area (Å²) in [5.74, 6) is -1.39. The Kier molecular flexibility index (Phi) is 3.83. The Bertz CT molecular complexity index is 597. The van der Waals surface area contributed by atoms with Crippen molar-refractivity contribution >= 4 is 15.9 Å². The van der Waals surface area contributed by atoms with Crippen molar-refractivity contribution in [2.24, 2.45) is 5.14 Å². The molecule has 1 unspecified atom stereocenters. The first-order valence-corrected chi connectivity index (χ1v) is 7.13. The molecule has 0 aliphatic carbocycles. The standard InChI is InChI=1S/C11H13FN2O4S/c12-8-3-7(4-10(5-8)19(13,16)17)11(15)14-9-1-2-18-6-9/h3-5,9H,1-2,6H2,(H,14,15)(H2,13,16,17). The van der Waals surface area contributed by atoms with Gasteiger partial charge in [-0.2, -0.15) is 0 Å². The average molecular weight is 288 g/mol. The molecule has 1 heterocycles. The summed E-state index contributed by atoms with van der Waals surface area (Å²) in [5, 5.41) is 7.55. The molecule has 1 fully saturated rings. The van der Waals surface area contributed by atoms with Crippen molar-refractivity contribution in [3.05, 3.63) is 29.6 Å². The predicted octanol–water partition coefficient (Wildman–Crippen LogP) is -0.00820. The zero-order valence-corrected chi connectivity index (χ0v) is 10.7. The van der Waals surface area contributed by atoms with Crippen LogP contribution in [0.1, 0.15) is 16.8 Å². The van der Waals surface area contributed by atoms with E-state index in [4.69, 9.17) is 9.88 Å². The third kappa shape index (κ3) is 3.49. The molecule has 1 aromatic carbocycles. The molecular weight excluding hydrogens is 275 g/mol. The van der Waals surface area contributed by atoms with Crippen LogP contribution in [0, 0.1) is 5.82 Å². The molecule has 8 heteroatoms. The summed E-state index contributed by atoms with van der Waals surface area (Å²) in [6.45, 7) is 0.944. The third-order valence-electron chi connectivity index (χ3n) is 2.73. The smallest absolute Gasteiger partial charge is 0.251 e. The number of nitrogens with one attached hydrogen (secondary N) is 1. The van der Waals surface area contributed by atoms with E-state index in [1.54, 1.807) is 0 Å². The maximum atomic E-state index is 13.3. The second-order valence-corrected chi connectivity index (χ2v) is 5.82. The third-order valence-corrected chi connectivity index (χ3v) is 3.62. The molecule has 0 bridgehead atoms. The average Bonchev–Trinajstić information content (AvgIpc) is 2.79. The van der Waals surface area contributed by atoms with E-state index in [1.807, 2.05) is 0 Å². The molecule has 0 aromatic heterocycles. The van der Waals surface area contributed by atoms with Gasteiger partial charge in [-0.05, 0) is 24.6 Å². The molecule has 1 amide bonds. The van der Waals surface area contributed by atoms with Crippen molar-refractivity contribution in [3.63, 3.8) is 0 Å². The van der Waals surface area contributed by atoms with Gasteiger partial charge in [0.05, 0.1) is 17.5 Å². The molecule has 0 spiro atoms. The summed E-state index contributed by atoms with van der Waals surface area (Å²) in [5.41, 5.74) is -0.0871. The Balaban J connectivity index is 2.24. The van der Waals surface area contributed by atoms with Gasteiger partial charge in [-0.3, -0.25) is 4.79 Å². The lowest BCUT2D eigenvalue weighted by Crippen LogP contribution is -2.35. The van der Waals surface area contributed by atoms with Crippen molar-refractivity contribution in [1.29, 1.82) is 0 Å². The Morgan fingerprint density at radius 1 is 1.42 bits per heavy atom. The number of carbonyl (C=O) groups excluding carboxylic acids is 1. The summed E-state index contributed by atoms with van der Waals surface area (Å²) in [7, 11) is -4.05. The van der Waals surface area contributed by atoms with Crippen molar-refractivity contribution in [1.82, 2.24) is 5.32 Å². The fourth-order valence-electron chi connectivity index (χ4n) is 1.78. The molecular formula is C11H13FN2O4S. The summed E-state index contributed by atoms with van der Waals surface area (Å²) >= 11 is 0. The number of nitrogens with two attached hydrogens (primary N) is 1. The Morgan fingerprint density at radius 3 is 2.74 bits per heavy atom. The quantitative estimate of drug-likeness (QED) is 0.817. The van der Waals surface area contributed by atoms with Crippen molar-refractivity contribution in [3.8, 4) is 0 Å². The zero-order valence-electron chi connectivity index (χ0n) is 9.93. The molecule has 0 saturated carbocycles. The molecule has 6 nitrogen and oxygen atoms in total. The minimum atomic E-state index is -4.05. The van der Waals surface area contributed by atoms with Crippen molar-refractivity contribution < 1.29 is 22.3 Å². The van der Waals surface area contributed by atoms with Gasteiger partial charge in [0, 0.05) is 12.2 Å². The minimum Gasteiger partial charge on any atom is -0.379 e. The summed E-state index contributed by atoms with van der Waals surface area (Å²) in [6, 6.07) is 2.63. The van der Waals surface area contributed by atoms with Crippen LogP contribution in [0.15, 0.2) is 23.1 Å². The normalized spacial score (nSPS) is 19.4. The highest BCUT2D eigenvalue weighted by Crippen LogP contribution is 2.14. The second kappa shape index (κ2) is 5.24. The van der Waals surface area contributed by atoms with Gasteiger partial charge in [0.1, 0.15) is 5.82 Å². The van der Waals surface area contributed by atoms with Crippen LogP contribution in [0.4, 0.5) is 4.39 Å². The Labute approximate surface area is 109 Å². The molecule has 3 N–H and O–H groups in total. The van der Waals surface area contributed by atoms with Gasteiger partial charge in [0.25, 0.3) is 5.91 Å². The number of hydrogen-bond donors (Lipinski definition) is 2. The maximum Gasteiger partial charge on any atom is 0.251 e. The SMILES string of the molecule is NS(=O)(=O)c1cc(F)cc(C(=O)NC2CCOC2)c1. The van der Waals surface area contributed by atoms with Gasteiger partial charge in [0.15, 0.2) is 0 Å². The van der Waals surface area contributed by atoms with Crippen LogP contribution in [0.5, 0.6) is 0 Å². The summed E-state index contributed by atoms with van der Waals surface area (Å²) in [6.07, 6.45) is 0.670. The van der Waals surface area contributed by atoms with Gasteiger partial charge in [-0.15, -0.1) is 0 Å². The largest absolute Gasteiger partial charge is 0.379 e. The van der Waals surface area contributed by atoms with Gasteiger partial charge >= 0.3 is 0 Å². The monoisotopic (exact) mass is 288 g/mol. The van der Waals surface area contributed by atoms with Crippen LogP contribution in [-0.2, 0) is 14.8 Å². The number of primary sulfonamides is 1. The number of hydrogen-bond acceptors (Lipinski definition) is 4.